The van der Waals surface area contributed by atoms with E-state index in [1.54, 1.807) is 30.5 Å². The second-order valence-corrected chi connectivity index (χ2v) is 4.49. The number of furan rings is 1. The van der Waals surface area contributed by atoms with Crippen molar-refractivity contribution in [3.8, 4) is 11.5 Å². The van der Waals surface area contributed by atoms with Crippen LogP contribution < -0.4 is 4.74 Å². The van der Waals surface area contributed by atoms with Crippen LogP contribution in [0.3, 0.4) is 0 Å². The summed E-state index contributed by atoms with van der Waals surface area (Å²) in [5, 5.41) is 10.3. The Morgan fingerprint density at radius 3 is 2.68 bits per heavy atom. The van der Waals surface area contributed by atoms with Gasteiger partial charge in [-0.1, -0.05) is 12.1 Å². The zero-order valence-corrected chi connectivity index (χ0v) is 10.6. The van der Waals surface area contributed by atoms with Crippen LogP contribution in [0, 0.1) is 6.92 Å². The van der Waals surface area contributed by atoms with Crippen molar-refractivity contribution in [3.63, 3.8) is 0 Å². The summed E-state index contributed by atoms with van der Waals surface area (Å²) in [6, 6.07) is 12.7. The van der Waals surface area contributed by atoms with E-state index in [1.807, 2.05) is 12.1 Å². The summed E-state index contributed by atoms with van der Waals surface area (Å²) in [5.74, 6) is 0.956. The van der Waals surface area contributed by atoms with Gasteiger partial charge in [0, 0.05) is 10.9 Å². The first kappa shape index (κ1) is 11.7. The second kappa shape index (κ2) is 4.69. The summed E-state index contributed by atoms with van der Waals surface area (Å²) in [6.45, 7) is 2.50. The topological polar surface area (TPSA) is 42.6 Å². The van der Waals surface area contributed by atoms with Gasteiger partial charge >= 0.3 is 0 Å². The van der Waals surface area contributed by atoms with Gasteiger partial charge in [0.2, 0.25) is 0 Å². The number of fused-ring (bicyclic) bond motifs is 1. The first-order chi connectivity index (χ1) is 9.24. The van der Waals surface area contributed by atoms with Gasteiger partial charge in [0.15, 0.2) is 0 Å². The maximum Gasteiger partial charge on any atom is 0.134 e. The fraction of sp³-hybridized carbons (Fsp3) is 0.125. The van der Waals surface area contributed by atoms with Crippen molar-refractivity contribution in [1.82, 2.24) is 0 Å². The van der Waals surface area contributed by atoms with Crippen molar-refractivity contribution in [2.75, 3.05) is 0 Å². The third-order valence-corrected chi connectivity index (χ3v) is 3.11. The summed E-state index contributed by atoms with van der Waals surface area (Å²) < 4.78 is 11.2. The van der Waals surface area contributed by atoms with Crippen molar-refractivity contribution in [2.45, 2.75) is 13.5 Å². The number of benzene rings is 2. The summed E-state index contributed by atoms with van der Waals surface area (Å²) in [6.07, 6.45) is 1.73. The maximum atomic E-state index is 9.22. The highest BCUT2D eigenvalue weighted by molar-refractivity contribution is 5.84. The van der Waals surface area contributed by atoms with E-state index in [0.29, 0.717) is 6.61 Å². The first-order valence-corrected chi connectivity index (χ1v) is 6.11. The fourth-order valence-electron chi connectivity index (χ4n) is 2.15. The Balaban J connectivity index is 1.84. The van der Waals surface area contributed by atoms with Crippen molar-refractivity contribution >= 4 is 11.0 Å². The quantitative estimate of drug-likeness (QED) is 0.767. The summed E-state index contributed by atoms with van der Waals surface area (Å²) in [7, 11) is 0. The molecule has 0 saturated carbocycles. The molecule has 96 valence electrons. The van der Waals surface area contributed by atoms with Crippen LogP contribution in [-0.2, 0) is 6.61 Å². The molecule has 0 aliphatic carbocycles. The van der Waals surface area contributed by atoms with Crippen molar-refractivity contribution in [3.05, 3.63) is 59.9 Å². The molecular formula is C16H14O3. The van der Waals surface area contributed by atoms with E-state index in [2.05, 4.69) is 13.0 Å². The standard InChI is InChI=1S/C16H14O3/c1-11-3-2-4-15-16(11)12(10-19-15)9-18-14-7-5-13(17)6-8-14/h2-8,10,17H,9H2,1H3. The van der Waals surface area contributed by atoms with E-state index in [1.165, 1.54) is 5.56 Å². The molecule has 0 radical (unpaired) electrons. The lowest BCUT2D eigenvalue weighted by atomic mass is 10.1. The van der Waals surface area contributed by atoms with E-state index in [0.717, 1.165) is 22.3 Å². The van der Waals surface area contributed by atoms with Crippen LogP contribution in [0.1, 0.15) is 11.1 Å². The molecule has 0 aliphatic rings. The van der Waals surface area contributed by atoms with E-state index in [-0.39, 0.29) is 5.75 Å². The number of ether oxygens (including phenoxy) is 1. The highest BCUT2D eigenvalue weighted by Crippen LogP contribution is 2.26. The van der Waals surface area contributed by atoms with Crippen LogP contribution in [-0.4, -0.2) is 5.11 Å². The molecule has 19 heavy (non-hydrogen) atoms. The van der Waals surface area contributed by atoms with E-state index in [9.17, 15) is 5.11 Å². The molecule has 3 aromatic rings. The van der Waals surface area contributed by atoms with Crippen molar-refractivity contribution in [2.24, 2.45) is 0 Å². The van der Waals surface area contributed by atoms with E-state index in [4.69, 9.17) is 9.15 Å². The molecule has 0 bridgehead atoms. The average molecular weight is 254 g/mol. The lowest BCUT2D eigenvalue weighted by Crippen LogP contribution is -1.94. The van der Waals surface area contributed by atoms with Gasteiger partial charge in [-0.05, 0) is 42.8 Å². The fourth-order valence-corrected chi connectivity index (χ4v) is 2.15. The van der Waals surface area contributed by atoms with Crippen molar-refractivity contribution < 1.29 is 14.3 Å². The van der Waals surface area contributed by atoms with Gasteiger partial charge in [-0.3, -0.25) is 0 Å². The molecule has 3 nitrogen and oxygen atoms in total. The van der Waals surface area contributed by atoms with Crippen LogP contribution in [0.5, 0.6) is 11.5 Å². The van der Waals surface area contributed by atoms with Gasteiger partial charge in [0.25, 0.3) is 0 Å². The lowest BCUT2D eigenvalue weighted by Gasteiger charge is -2.05. The molecule has 2 aromatic carbocycles. The third-order valence-electron chi connectivity index (χ3n) is 3.11. The minimum atomic E-state index is 0.233. The largest absolute Gasteiger partial charge is 0.508 e. The highest BCUT2D eigenvalue weighted by Gasteiger charge is 2.08. The molecule has 3 rings (SSSR count). The molecule has 0 spiro atoms. The number of hydrogen-bond acceptors (Lipinski definition) is 3. The normalized spacial score (nSPS) is 10.8. The molecule has 1 aromatic heterocycles. The minimum Gasteiger partial charge on any atom is -0.508 e. The molecule has 0 aliphatic heterocycles. The monoisotopic (exact) mass is 254 g/mol. The zero-order valence-electron chi connectivity index (χ0n) is 10.6. The maximum absolute atomic E-state index is 9.22. The molecule has 1 N–H and O–H groups in total. The molecule has 1 heterocycles. The van der Waals surface area contributed by atoms with Crippen molar-refractivity contribution in [1.29, 1.82) is 0 Å². The predicted octanol–water partition coefficient (Wildman–Crippen LogP) is 4.03. The lowest BCUT2D eigenvalue weighted by molar-refractivity contribution is 0.305. The Morgan fingerprint density at radius 1 is 1.11 bits per heavy atom. The van der Waals surface area contributed by atoms with Crippen LogP contribution in [0.2, 0.25) is 0 Å². The number of aryl methyl sites for hydroxylation is 1. The Morgan fingerprint density at radius 2 is 1.89 bits per heavy atom. The molecular weight excluding hydrogens is 240 g/mol. The number of hydrogen-bond donors (Lipinski definition) is 1. The second-order valence-electron chi connectivity index (χ2n) is 4.49. The summed E-state index contributed by atoms with van der Waals surface area (Å²) in [5.41, 5.74) is 3.08. The third kappa shape index (κ3) is 2.27. The van der Waals surface area contributed by atoms with Gasteiger partial charge < -0.3 is 14.3 Å². The molecule has 0 fully saturated rings. The Kier molecular flexibility index (Phi) is 2.88. The van der Waals surface area contributed by atoms with Crippen LogP contribution in [0.25, 0.3) is 11.0 Å². The van der Waals surface area contributed by atoms with Crippen LogP contribution in [0.15, 0.2) is 53.1 Å². The minimum absolute atomic E-state index is 0.233. The van der Waals surface area contributed by atoms with E-state index >= 15 is 0 Å². The van der Waals surface area contributed by atoms with Gasteiger partial charge in [-0.15, -0.1) is 0 Å². The Hall–Kier alpha value is -2.42. The Labute approximate surface area is 111 Å². The van der Waals surface area contributed by atoms with Crippen LogP contribution >= 0.6 is 0 Å². The molecule has 0 atom stereocenters. The molecule has 3 heteroatoms. The number of phenolic OH excluding ortho intramolecular Hbond substituents is 1. The highest BCUT2D eigenvalue weighted by atomic mass is 16.5. The zero-order chi connectivity index (χ0) is 13.2. The number of phenols is 1. The summed E-state index contributed by atoms with van der Waals surface area (Å²) in [4.78, 5) is 0. The van der Waals surface area contributed by atoms with E-state index < -0.39 is 0 Å². The van der Waals surface area contributed by atoms with Gasteiger partial charge in [0.05, 0.1) is 6.26 Å². The molecule has 0 amide bonds. The summed E-state index contributed by atoms with van der Waals surface area (Å²) >= 11 is 0. The first-order valence-electron chi connectivity index (χ1n) is 6.11. The Bertz CT molecular complexity index is 696. The predicted molar refractivity (Wildman–Crippen MR) is 73.4 cm³/mol. The van der Waals surface area contributed by atoms with Crippen LogP contribution in [0.4, 0.5) is 0 Å². The molecule has 0 unspecified atom stereocenters. The number of rotatable bonds is 3. The smallest absolute Gasteiger partial charge is 0.134 e. The SMILES string of the molecule is Cc1cccc2occ(COc3ccc(O)cc3)c12. The van der Waals surface area contributed by atoms with Gasteiger partial charge in [-0.2, -0.15) is 0 Å². The number of aromatic hydroxyl groups is 1. The van der Waals surface area contributed by atoms with Gasteiger partial charge in [0.1, 0.15) is 23.7 Å². The molecule has 0 saturated heterocycles. The van der Waals surface area contributed by atoms with Gasteiger partial charge in [-0.25, -0.2) is 0 Å². The average Bonchev–Trinajstić information content (AvgIpc) is 2.83.